The first-order chi connectivity index (χ1) is 3.42. The van der Waals surface area contributed by atoms with Gasteiger partial charge in [-0.1, -0.05) is 0 Å². The fourth-order valence-corrected chi connectivity index (χ4v) is 0.171. The van der Waals surface area contributed by atoms with E-state index in [-0.39, 0.29) is 20.3 Å². The van der Waals surface area contributed by atoms with E-state index in [4.69, 9.17) is 5.11 Å². The van der Waals surface area contributed by atoms with E-state index >= 15 is 0 Å². The summed E-state index contributed by atoms with van der Waals surface area (Å²) in [6.07, 6.45) is -6.33. The molecule has 0 aromatic heterocycles. The Labute approximate surface area is 62.7 Å². The van der Waals surface area contributed by atoms with E-state index < -0.39 is 18.6 Å². The number of alkyl halides is 3. The van der Waals surface area contributed by atoms with Crippen LogP contribution in [0.15, 0.2) is 0 Å². The van der Waals surface area contributed by atoms with Crippen LogP contribution in [0.4, 0.5) is 13.2 Å². The zero-order valence-corrected chi connectivity index (χ0v) is 4.70. The van der Waals surface area contributed by atoms with Crippen LogP contribution in [0.2, 0.25) is 0 Å². The fraction of sp³-hybridized carbons (Fsp3) is 0.667. The zero-order chi connectivity index (χ0) is 6.78. The van der Waals surface area contributed by atoms with Gasteiger partial charge < -0.3 is 6.53 Å². The molecule has 0 aromatic carbocycles. The summed E-state index contributed by atoms with van der Waals surface area (Å²) in [6, 6.07) is 0. The fourth-order valence-electron chi connectivity index (χ4n) is 0.171. The number of carboxylic acid groups (broad SMARTS) is 1. The van der Waals surface area contributed by atoms with Crippen LogP contribution in [0, 0.1) is 0 Å². The van der Waals surface area contributed by atoms with Crippen LogP contribution < -0.4 is 18.9 Å². The quantitative estimate of drug-likeness (QED) is 0.429. The Morgan fingerprint density at radius 2 is 1.89 bits per heavy atom. The van der Waals surface area contributed by atoms with Crippen LogP contribution in [0.5, 0.6) is 0 Å². The molecule has 0 aliphatic heterocycles. The van der Waals surface area contributed by atoms with E-state index in [1.807, 2.05) is 0 Å². The van der Waals surface area contributed by atoms with Gasteiger partial charge in [-0.25, -0.2) is 0 Å². The van der Waals surface area contributed by atoms with Gasteiger partial charge in [-0.15, -0.1) is 0 Å². The molecule has 0 saturated carbocycles. The Morgan fingerprint density at radius 1 is 1.56 bits per heavy atom. The molecule has 0 heterocycles. The summed E-state index contributed by atoms with van der Waals surface area (Å²) < 4.78 is 32.8. The second-order valence-corrected chi connectivity index (χ2v) is 1.19. The number of rotatable bonds is 1. The van der Waals surface area contributed by atoms with Gasteiger partial charge in [-0.2, -0.15) is 13.2 Å². The minimum atomic E-state index is -4.58. The minimum Gasteiger partial charge on any atom is -1.00 e. The Hall–Kier alpha value is -0.143. The third-order valence-electron chi connectivity index (χ3n) is 0.352. The molecule has 0 amide bonds. The number of carbonyl (C=O) groups is 1. The second-order valence-electron chi connectivity index (χ2n) is 1.19. The molecule has 1 N–H and O–H groups in total. The molecular weight excluding hydrogens is 132 g/mol. The molecule has 0 atom stereocenters. The van der Waals surface area contributed by atoms with Gasteiger partial charge in [0.15, 0.2) is 0 Å². The summed E-state index contributed by atoms with van der Waals surface area (Å²) in [5.74, 6) is -1.85. The second kappa shape index (κ2) is 3.80. The molecule has 2 nitrogen and oxygen atoms in total. The van der Waals surface area contributed by atoms with Crippen LogP contribution in [-0.4, -0.2) is 17.3 Å². The van der Waals surface area contributed by atoms with E-state index in [0.29, 0.717) is 0 Å². The summed E-state index contributed by atoms with van der Waals surface area (Å²) in [4.78, 5) is 9.29. The van der Waals surface area contributed by atoms with Crippen LogP contribution in [0.1, 0.15) is 7.85 Å². The Balaban J connectivity index is -0.000000245. The van der Waals surface area contributed by atoms with E-state index in [2.05, 4.69) is 0 Å². The van der Waals surface area contributed by atoms with Crippen molar-refractivity contribution >= 4 is 5.97 Å². The SMILES string of the molecule is O=C(O)CC(F)(F)F.[H-].[Li+]. The van der Waals surface area contributed by atoms with Crippen molar-refractivity contribution in [1.29, 1.82) is 0 Å². The smallest absolute Gasteiger partial charge is 1.00 e. The molecule has 0 aliphatic carbocycles. The first-order valence-electron chi connectivity index (χ1n) is 1.70. The summed E-state index contributed by atoms with van der Waals surface area (Å²) in [5.41, 5.74) is 0. The molecule has 0 rings (SSSR count). The Morgan fingerprint density at radius 3 is 1.89 bits per heavy atom. The van der Waals surface area contributed by atoms with Gasteiger partial charge in [0.25, 0.3) is 0 Å². The van der Waals surface area contributed by atoms with Crippen LogP contribution in [0.25, 0.3) is 0 Å². The van der Waals surface area contributed by atoms with Gasteiger partial charge in [-0.05, 0) is 0 Å². The summed E-state index contributed by atoms with van der Waals surface area (Å²) in [7, 11) is 0. The first-order valence-corrected chi connectivity index (χ1v) is 1.70. The molecule has 6 heteroatoms. The maximum atomic E-state index is 10.9. The van der Waals surface area contributed by atoms with Gasteiger partial charge >= 0.3 is 31.0 Å². The maximum absolute atomic E-state index is 10.9. The molecule has 0 fully saturated rings. The number of hydrogen-bond acceptors (Lipinski definition) is 1. The Kier molecular flexibility index (Phi) is 4.91. The molecule has 0 radical (unpaired) electrons. The minimum absolute atomic E-state index is 0. The zero-order valence-electron chi connectivity index (χ0n) is 5.70. The summed E-state index contributed by atoms with van der Waals surface area (Å²) in [6.45, 7) is 0. The van der Waals surface area contributed by atoms with Crippen molar-refractivity contribution in [3.8, 4) is 0 Å². The molecule has 0 bridgehead atoms. The normalized spacial score (nSPS) is 10.1. The number of carboxylic acids is 1. The van der Waals surface area contributed by atoms with Crippen molar-refractivity contribution in [2.75, 3.05) is 0 Å². The molecule has 0 unspecified atom stereocenters. The molecule has 0 aromatic rings. The number of aliphatic carboxylic acids is 1. The average Bonchev–Trinajstić information content (AvgIpc) is 1.21. The van der Waals surface area contributed by atoms with Crippen molar-refractivity contribution in [1.82, 2.24) is 0 Å². The van der Waals surface area contributed by atoms with Gasteiger partial charge in [0.05, 0.1) is 0 Å². The Bertz CT molecular complexity index is 104. The van der Waals surface area contributed by atoms with Crippen LogP contribution >= 0.6 is 0 Å². The van der Waals surface area contributed by atoms with Crippen molar-refractivity contribution in [3.05, 3.63) is 0 Å². The third-order valence-corrected chi connectivity index (χ3v) is 0.352. The number of hydrogen-bond donors (Lipinski definition) is 1. The van der Waals surface area contributed by atoms with Crippen LogP contribution in [0.3, 0.4) is 0 Å². The first kappa shape index (κ1) is 11.6. The number of halogens is 3. The topological polar surface area (TPSA) is 37.3 Å². The summed E-state index contributed by atoms with van der Waals surface area (Å²) >= 11 is 0. The van der Waals surface area contributed by atoms with E-state index in [0.717, 1.165) is 0 Å². The van der Waals surface area contributed by atoms with Gasteiger partial charge in [0.1, 0.15) is 6.42 Å². The third kappa shape index (κ3) is 11.4. The summed E-state index contributed by atoms with van der Waals surface area (Å²) in [5, 5.41) is 7.53. The predicted molar refractivity (Wildman–Crippen MR) is 19.4 cm³/mol. The molecule has 50 valence electrons. The van der Waals surface area contributed by atoms with Gasteiger partial charge in [0, 0.05) is 0 Å². The average molecular weight is 136 g/mol. The van der Waals surface area contributed by atoms with Crippen molar-refractivity contribution in [3.63, 3.8) is 0 Å². The van der Waals surface area contributed by atoms with Gasteiger partial charge in [0.2, 0.25) is 0 Å². The molecule has 9 heavy (non-hydrogen) atoms. The molecule has 0 spiro atoms. The van der Waals surface area contributed by atoms with E-state index in [1.54, 1.807) is 0 Å². The monoisotopic (exact) mass is 136 g/mol. The van der Waals surface area contributed by atoms with Gasteiger partial charge in [-0.3, -0.25) is 4.79 Å². The standard InChI is InChI=1S/C3H3F3O2.Li.H/c4-3(5,6)1-2(7)8;;/h1H2,(H,7,8);;/q;+1;-1. The predicted octanol–water partition coefficient (Wildman–Crippen LogP) is -1.86. The molecular formula is C3H4F3LiO2. The maximum Gasteiger partial charge on any atom is 1.00 e. The molecule has 0 saturated heterocycles. The van der Waals surface area contributed by atoms with Crippen molar-refractivity contribution in [2.24, 2.45) is 0 Å². The van der Waals surface area contributed by atoms with Crippen molar-refractivity contribution in [2.45, 2.75) is 12.6 Å². The largest absolute Gasteiger partial charge is 1.00 e. The van der Waals surface area contributed by atoms with E-state index in [1.165, 1.54) is 0 Å². The molecule has 0 aliphatic rings. The van der Waals surface area contributed by atoms with Crippen LogP contribution in [-0.2, 0) is 4.79 Å². The van der Waals surface area contributed by atoms with Crippen molar-refractivity contribution < 1.29 is 43.4 Å². The van der Waals surface area contributed by atoms with E-state index in [9.17, 15) is 18.0 Å².